The highest BCUT2D eigenvalue weighted by Crippen LogP contribution is 2.34. The first-order chi connectivity index (χ1) is 13.0. The van der Waals surface area contributed by atoms with Gasteiger partial charge in [0.15, 0.2) is 5.13 Å². The van der Waals surface area contributed by atoms with Crippen molar-refractivity contribution < 1.29 is 9.53 Å². The van der Waals surface area contributed by atoms with Gasteiger partial charge in [-0.2, -0.15) is 0 Å². The summed E-state index contributed by atoms with van der Waals surface area (Å²) in [5, 5.41) is 3.96. The second-order valence-electron chi connectivity index (χ2n) is 6.86. The molecule has 1 aromatic heterocycles. The van der Waals surface area contributed by atoms with Crippen LogP contribution in [0.15, 0.2) is 42.5 Å². The van der Waals surface area contributed by atoms with Gasteiger partial charge in [-0.1, -0.05) is 11.3 Å². The first-order valence-corrected chi connectivity index (χ1v) is 9.63. The van der Waals surface area contributed by atoms with E-state index in [9.17, 15) is 4.79 Å². The van der Waals surface area contributed by atoms with E-state index in [0.717, 1.165) is 32.5 Å². The smallest absolute Gasteiger partial charge is 0.231 e. The Kier molecular flexibility index (Phi) is 4.61. The van der Waals surface area contributed by atoms with Crippen molar-refractivity contribution in [3.8, 4) is 5.75 Å². The molecule has 2 heterocycles. The minimum absolute atomic E-state index is 0.0138. The lowest BCUT2D eigenvalue weighted by Crippen LogP contribution is -2.52. The molecule has 140 valence electrons. The van der Waals surface area contributed by atoms with Crippen LogP contribution < -0.4 is 19.9 Å². The molecule has 0 aliphatic carbocycles. The van der Waals surface area contributed by atoms with Crippen molar-refractivity contribution in [2.24, 2.45) is 5.92 Å². The summed E-state index contributed by atoms with van der Waals surface area (Å²) in [5.74, 6) is 0.854. The number of fused-ring (bicyclic) bond motifs is 1. The first kappa shape index (κ1) is 17.6. The number of carbonyl (C=O) groups is 1. The highest BCUT2D eigenvalue weighted by atomic mass is 32.1. The normalized spacial score (nSPS) is 14.1. The van der Waals surface area contributed by atoms with E-state index in [4.69, 9.17) is 4.74 Å². The maximum atomic E-state index is 12.5. The third kappa shape index (κ3) is 3.55. The van der Waals surface area contributed by atoms with E-state index in [2.05, 4.69) is 15.2 Å². The van der Waals surface area contributed by atoms with Gasteiger partial charge in [0.05, 0.1) is 23.2 Å². The van der Waals surface area contributed by atoms with Crippen molar-refractivity contribution >= 4 is 44.0 Å². The molecular formula is C20H22N4O2S. The van der Waals surface area contributed by atoms with E-state index in [0.29, 0.717) is 13.1 Å². The Hall–Kier alpha value is -2.80. The Morgan fingerprint density at radius 2 is 1.96 bits per heavy atom. The van der Waals surface area contributed by atoms with Gasteiger partial charge in [0.1, 0.15) is 5.75 Å². The van der Waals surface area contributed by atoms with E-state index in [-0.39, 0.29) is 11.8 Å². The lowest BCUT2D eigenvalue weighted by Gasteiger charge is -2.37. The highest BCUT2D eigenvalue weighted by molar-refractivity contribution is 7.22. The fourth-order valence-corrected chi connectivity index (χ4v) is 4.01. The zero-order valence-electron chi connectivity index (χ0n) is 15.6. The number of nitrogens with zero attached hydrogens (tertiary/aromatic N) is 3. The Labute approximate surface area is 162 Å². The molecule has 1 N–H and O–H groups in total. The number of rotatable bonds is 5. The standard InChI is InChI=1S/C20H22N4O2S/c1-23(2)15-6-4-14(5-7-15)21-19(25)13-11-24(12-13)20-22-17-10-16(26-3)8-9-18(17)27-20/h4-10,13H,11-12H2,1-3H3,(H,21,25). The number of hydrogen-bond acceptors (Lipinski definition) is 6. The Balaban J connectivity index is 1.36. The van der Waals surface area contributed by atoms with Crippen LogP contribution in [0.2, 0.25) is 0 Å². The topological polar surface area (TPSA) is 57.7 Å². The summed E-state index contributed by atoms with van der Waals surface area (Å²) in [6.07, 6.45) is 0. The molecule has 7 heteroatoms. The molecule has 0 radical (unpaired) electrons. The van der Waals surface area contributed by atoms with Gasteiger partial charge in [0.25, 0.3) is 0 Å². The fraction of sp³-hybridized carbons (Fsp3) is 0.300. The fourth-order valence-electron chi connectivity index (χ4n) is 3.05. The molecule has 1 amide bonds. The number of amides is 1. The van der Waals surface area contributed by atoms with Crippen LogP contribution in [0.1, 0.15) is 0 Å². The average molecular weight is 382 g/mol. The zero-order chi connectivity index (χ0) is 19.0. The quantitative estimate of drug-likeness (QED) is 0.732. The molecule has 2 aromatic carbocycles. The molecule has 0 atom stereocenters. The number of thiazole rings is 1. The van der Waals surface area contributed by atoms with Crippen LogP contribution in [-0.4, -0.2) is 45.2 Å². The van der Waals surface area contributed by atoms with Gasteiger partial charge in [0, 0.05) is 44.6 Å². The number of nitrogens with one attached hydrogen (secondary N) is 1. The van der Waals surface area contributed by atoms with Crippen LogP contribution in [-0.2, 0) is 4.79 Å². The highest BCUT2D eigenvalue weighted by Gasteiger charge is 2.34. The lowest BCUT2D eigenvalue weighted by atomic mass is 10.00. The Morgan fingerprint density at radius 1 is 1.22 bits per heavy atom. The number of hydrogen-bond donors (Lipinski definition) is 1. The van der Waals surface area contributed by atoms with Crippen LogP contribution in [0, 0.1) is 5.92 Å². The summed E-state index contributed by atoms with van der Waals surface area (Å²) in [6, 6.07) is 13.8. The molecule has 6 nitrogen and oxygen atoms in total. The van der Waals surface area contributed by atoms with E-state index < -0.39 is 0 Å². The molecule has 1 aliphatic rings. The van der Waals surface area contributed by atoms with Crippen molar-refractivity contribution in [3.63, 3.8) is 0 Å². The number of carbonyl (C=O) groups excluding carboxylic acids is 1. The van der Waals surface area contributed by atoms with Crippen molar-refractivity contribution in [3.05, 3.63) is 42.5 Å². The van der Waals surface area contributed by atoms with Gasteiger partial charge in [-0.25, -0.2) is 4.98 Å². The van der Waals surface area contributed by atoms with Crippen molar-refractivity contribution in [2.75, 3.05) is 49.4 Å². The Bertz CT molecular complexity index is 962. The number of ether oxygens (including phenoxy) is 1. The molecule has 1 fully saturated rings. The van der Waals surface area contributed by atoms with Crippen molar-refractivity contribution in [2.45, 2.75) is 0 Å². The van der Waals surface area contributed by atoms with Crippen LogP contribution in [0.3, 0.4) is 0 Å². The summed E-state index contributed by atoms with van der Waals surface area (Å²) in [6.45, 7) is 1.39. The molecule has 0 unspecified atom stereocenters. The SMILES string of the molecule is COc1ccc2sc(N3CC(C(=O)Nc4ccc(N(C)C)cc4)C3)nc2c1. The zero-order valence-corrected chi connectivity index (χ0v) is 16.4. The minimum Gasteiger partial charge on any atom is -0.497 e. The van der Waals surface area contributed by atoms with Gasteiger partial charge in [-0.3, -0.25) is 4.79 Å². The molecule has 4 rings (SSSR count). The van der Waals surface area contributed by atoms with Crippen LogP contribution in [0.4, 0.5) is 16.5 Å². The van der Waals surface area contributed by atoms with Gasteiger partial charge < -0.3 is 19.9 Å². The molecule has 1 aliphatic heterocycles. The lowest BCUT2D eigenvalue weighted by molar-refractivity contribution is -0.120. The third-order valence-corrected chi connectivity index (χ3v) is 5.85. The van der Waals surface area contributed by atoms with E-state index in [1.165, 1.54) is 0 Å². The number of anilines is 3. The van der Waals surface area contributed by atoms with E-state index in [1.54, 1.807) is 18.4 Å². The summed E-state index contributed by atoms with van der Waals surface area (Å²) < 4.78 is 6.38. The summed E-state index contributed by atoms with van der Waals surface area (Å²) >= 11 is 1.65. The largest absolute Gasteiger partial charge is 0.497 e. The van der Waals surface area contributed by atoms with E-state index in [1.807, 2.05) is 61.5 Å². The van der Waals surface area contributed by atoms with Gasteiger partial charge in [0.2, 0.25) is 5.91 Å². The van der Waals surface area contributed by atoms with Gasteiger partial charge in [-0.15, -0.1) is 0 Å². The van der Waals surface area contributed by atoms with Crippen molar-refractivity contribution in [1.82, 2.24) is 4.98 Å². The molecular weight excluding hydrogens is 360 g/mol. The predicted octanol–water partition coefficient (Wildman–Crippen LogP) is 3.45. The van der Waals surface area contributed by atoms with Crippen LogP contribution in [0.25, 0.3) is 10.2 Å². The molecule has 0 saturated carbocycles. The summed E-state index contributed by atoms with van der Waals surface area (Å²) in [4.78, 5) is 21.3. The molecule has 0 spiro atoms. The monoisotopic (exact) mass is 382 g/mol. The summed E-state index contributed by atoms with van der Waals surface area (Å²) in [5.41, 5.74) is 2.87. The maximum absolute atomic E-state index is 12.5. The summed E-state index contributed by atoms with van der Waals surface area (Å²) in [7, 11) is 5.64. The molecule has 0 bridgehead atoms. The van der Waals surface area contributed by atoms with Crippen LogP contribution >= 0.6 is 11.3 Å². The minimum atomic E-state index is -0.0138. The number of methoxy groups -OCH3 is 1. The van der Waals surface area contributed by atoms with E-state index >= 15 is 0 Å². The second kappa shape index (κ2) is 7.08. The molecule has 3 aromatic rings. The third-order valence-electron chi connectivity index (χ3n) is 4.76. The predicted molar refractivity (Wildman–Crippen MR) is 111 cm³/mol. The van der Waals surface area contributed by atoms with Crippen molar-refractivity contribution in [1.29, 1.82) is 0 Å². The second-order valence-corrected chi connectivity index (χ2v) is 7.87. The number of aromatic nitrogens is 1. The maximum Gasteiger partial charge on any atom is 0.231 e. The first-order valence-electron chi connectivity index (χ1n) is 8.81. The Morgan fingerprint density at radius 3 is 2.63 bits per heavy atom. The molecule has 27 heavy (non-hydrogen) atoms. The van der Waals surface area contributed by atoms with Gasteiger partial charge >= 0.3 is 0 Å². The van der Waals surface area contributed by atoms with Gasteiger partial charge in [-0.05, 0) is 36.4 Å². The molecule has 1 saturated heterocycles. The van der Waals surface area contributed by atoms with Crippen LogP contribution in [0.5, 0.6) is 5.75 Å². The average Bonchev–Trinajstić information content (AvgIpc) is 3.03. The number of benzene rings is 2.